The van der Waals surface area contributed by atoms with E-state index in [1.54, 1.807) is 0 Å². The fourth-order valence-electron chi connectivity index (χ4n) is 3.49. The Morgan fingerprint density at radius 1 is 1.33 bits per heavy atom. The second kappa shape index (κ2) is 5.17. The van der Waals surface area contributed by atoms with E-state index in [1.807, 2.05) is 0 Å². The topological polar surface area (TPSA) is 58.6 Å². The van der Waals surface area contributed by atoms with Gasteiger partial charge >= 0.3 is 5.97 Å². The van der Waals surface area contributed by atoms with Crippen molar-refractivity contribution >= 4 is 5.97 Å². The number of carbonyl (C=O) groups is 1. The highest BCUT2D eigenvalue weighted by atomic mass is 16.5. The second-order valence-corrected chi connectivity index (χ2v) is 6.82. The van der Waals surface area contributed by atoms with E-state index in [4.69, 9.17) is 4.74 Å². The van der Waals surface area contributed by atoms with Crippen LogP contribution in [-0.4, -0.2) is 35.9 Å². The highest BCUT2D eigenvalue weighted by Gasteiger charge is 2.36. The molecule has 104 valence electrons. The highest BCUT2D eigenvalue weighted by Crippen LogP contribution is 2.39. The minimum absolute atomic E-state index is 0.0378. The molecule has 2 fully saturated rings. The van der Waals surface area contributed by atoms with E-state index in [1.165, 1.54) is 6.42 Å². The van der Waals surface area contributed by atoms with Crippen molar-refractivity contribution in [2.45, 2.75) is 64.7 Å². The molecule has 4 heteroatoms. The molecular formula is C14H25NO3. The SMILES string of the molecule is CC1CC(OC(=O)C2CC(O)CN2)CC(C)(C)C1. The van der Waals surface area contributed by atoms with E-state index < -0.39 is 6.10 Å². The average molecular weight is 255 g/mol. The first kappa shape index (κ1) is 13.8. The summed E-state index contributed by atoms with van der Waals surface area (Å²) < 4.78 is 5.62. The van der Waals surface area contributed by atoms with Crippen LogP contribution in [0, 0.1) is 11.3 Å². The Labute approximate surface area is 109 Å². The Bertz CT molecular complexity index is 316. The molecule has 0 aromatic rings. The van der Waals surface area contributed by atoms with Gasteiger partial charge in [-0.2, -0.15) is 0 Å². The summed E-state index contributed by atoms with van der Waals surface area (Å²) in [5.74, 6) is 0.412. The van der Waals surface area contributed by atoms with Crippen LogP contribution in [-0.2, 0) is 9.53 Å². The molecule has 1 aliphatic carbocycles. The molecule has 0 aromatic heterocycles. The number of carbonyl (C=O) groups excluding carboxylic acids is 1. The summed E-state index contributed by atoms with van der Waals surface area (Å²) in [6.45, 7) is 7.19. The number of rotatable bonds is 2. The maximum Gasteiger partial charge on any atom is 0.323 e. The average Bonchev–Trinajstić information content (AvgIpc) is 2.61. The van der Waals surface area contributed by atoms with Gasteiger partial charge in [0, 0.05) is 13.0 Å². The van der Waals surface area contributed by atoms with Crippen molar-refractivity contribution in [3.63, 3.8) is 0 Å². The number of aliphatic hydroxyl groups excluding tert-OH is 1. The zero-order valence-electron chi connectivity index (χ0n) is 11.6. The number of nitrogens with one attached hydrogen (secondary N) is 1. The molecule has 0 spiro atoms. The third-order valence-electron chi connectivity index (χ3n) is 4.02. The molecule has 0 radical (unpaired) electrons. The van der Waals surface area contributed by atoms with Crippen molar-refractivity contribution in [1.29, 1.82) is 0 Å². The Hall–Kier alpha value is -0.610. The summed E-state index contributed by atoms with van der Waals surface area (Å²) in [5.41, 5.74) is 0.255. The van der Waals surface area contributed by atoms with E-state index in [9.17, 15) is 9.90 Å². The van der Waals surface area contributed by atoms with Gasteiger partial charge in [0.2, 0.25) is 0 Å². The van der Waals surface area contributed by atoms with Crippen LogP contribution in [0.5, 0.6) is 0 Å². The minimum atomic E-state index is -0.413. The largest absolute Gasteiger partial charge is 0.461 e. The second-order valence-electron chi connectivity index (χ2n) is 6.82. The predicted octanol–water partition coefficient (Wildman–Crippen LogP) is 1.47. The van der Waals surface area contributed by atoms with Crippen LogP contribution in [0.4, 0.5) is 0 Å². The molecule has 0 aromatic carbocycles. The number of hydrogen-bond donors (Lipinski definition) is 2. The Balaban J connectivity index is 1.87. The summed E-state index contributed by atoms with van der Waals surface area (Å²) in [6.07, 6.45) is 3.20. The monoisotopic (exact) mass is 255 g/mol. The van der Waals surface area contributed by atoms with Gasteiger partial charge in [-0.25, -0.2) is 0 Å². The normalized spacial score (nSPS) is 39.6. The molecule has 1 aliphatic heterocycles. The van der Waals surface area contributed by atoms with Crippen molar-refractivity contribution in [2.24, 2.45) is 11.3 Å². The summed E-state index contributed by atoms with van der Waals surface area (Å²) >= 11 is 0. The summed E-state index contributed by atoms with van der Waals surface area (Å²) in [6, 6.07) is -0.319. The molecular weight excluding hydrogens is 230 g/mol. The van der Waals surface area contributed by atoms with E-state index in [0.717, 1.165) is 12.8 Å². The van der Waals surface area contributed by atoms with Crippen molar-refractivity contribution in [1.82, 2.24) is 5.32 Å². The third kappa shape index (κ3) is 3.45. The standard InChI is InChI=1S/C14H25NO3/c1-9-4-11(7-14(2,3)6-9)18-13(17)12-5-10(16)8-15-12/h9-12,15-16H,4-8H2,1-3H3. The third-order valence-corrected chi connectivity index (χ3v) is 4.02. The van der Waals surface area contributed by atoms with Crippen LogP contribution in [0.15, 0.2) is 0 Å². The molecule has 0 bridgehead atoms. The van der Waals surface area contributed by atoms with Crippen LogP contribution in [0.25, 0.3) is 0 Å². The van der Waals surface area contributed by atoms with Crippen molar-refractivity contribution in [3.8, 4) is 0 Å². The maximum atomic E-state index is 12.0. The van der Waals surface area contributed by atoms with E-state index in [2.05, 4.69) is 26.1 Å². The quantitative estimate of drug-likeness (QED) is 0.734. The Morgan fingerprint density at radius 2 is 2.06 bits per heavy atom. The fourth-order valence-corrected chi connectivity index (χ4v) is 3.49. The summed E-state index contributed by atoms with van der Waals surface area (Å²) in [5, 5.41) is 12.4. The van der Waals surface area contributed by atoms with Crippen LogP contribution < -0.4 is 5.32 Å². The molecule has 2 rings (SSSR count). The first-order chi connectivity index (χ1) is 8.35. The van der Waals surface area contributed by atoms with E-state index >= 15 is 0 Å². The molecule has 18 heavy (non-hydrogen) atoms. The number of aliphatic hydroxyl groups is 1. The zero-order valence-corrected chi connectivity index (χ0v) is 11.6. The van der Waals surface area contributed by atoms with Crippen LogP contribution in [0.1, 0.15) is 46.5 Å². The maximum absolute atomic E-state index is 12.0. The summed E-state index contributed by atoms with van der Waals surface area (Å²) in [4.78, 5) is 12.0. The van der Waals surface area contributed by atoms with E-state index in [0.29, 0.717) is 18.9 Å². The number of β-amino-alcohol motifs (C(OH)–C–C–N with tert-alkyl or cyclic N) is 1. The van der Waals surface area contributed by atoms with Gasteiger partial charge < -0.3 is 15.2 Å². The minimum Gasteiger partial charge on any atom is -0.461 e. The Morgan fingerprint density at radius 3 is 2.61 bits per heavy atom. The first-order valence-electron chi connectivity index (χ1n) is 6.98. The van der Waals surface area contributed by atoms with Crippen LogP contribution in [0.3, 0.4) is 0 Å². The van der Waals surface area contributed by atoms with Crippen LogP contribution in [0.2, 0.25) is 0 Å². The van der Waals surface area contributed by atoms with Gasteiger partial charge in [0.1, 0.15) is 12.1 Å². The molecule has 0 amide bonds. The van der Waals surface area contributed by atoms with Gasteiger partial charge in [-0.05, 0) is 30.6 Å². The fraction of sp³-hybridized carbons (Fsp3) is 0.929. The van der Waals surface area contributed by atoms with Crippen molar-refractivity contribution < 1.29 is 14.6 Å². The molecule has 2 aliphatic rings. The predicted molar refractivity (Wildman–Crippen MR) is 69.1 cm³/mol. The van der Waals surface area contributed by atoms with Gasteiger partial charge in [0.15, 0.2) is 0 Å². The van der Waals surface area contributed by atoms with Gasteiger partial charge in [0.05, 0.1) is 6.10 Å². The molecule has 2 N–H and O–H groups in total. The molecule has 4 unspecified atom stereocenters. The molecule has 1 saturated heterocycles. The lowest BCUT2D eigenvalue weighted by atomic mass is 9.71. The highest BCUT2D eigenvalue weighted by molar-refractivity contribution is 5.76. The lowest BCUT2D eigenvalue weighted by molar-refractivity contribution is -0.155. The first-order valence-corrected chi connectivity index (χ1v) is 6.98. The van der Waals surface area contributed by atoms with Crippen LogP contribution >= 0.6 is 0 Å². The van der Waals surface area contributed by atoms with E-state index in [-0.39, 0.29) is 23.5 Å². The van der Waals surface area contributed by atoms with Gasteiger partial charge in [-0.15, -0.1) is 0 Å². The van der Waals surface area contributed by atoms with Gasteiger partial charge in [-0.3, -0.25) is 4.79 Å². The molecule has 1 heterocycles. The smallest absolute Gasteiger partial charge is 0.323 e. The lowest BCUT2D eigenvalue weighted by Crippen LogP contribution is -2.39. The number of ether oxygens (including phenoxy) is 1. The number of esters is 1. The van der Waals surface area contributed by atoms with Gasteiger partial charge in [-0.1, -0.05) is 20.8 Å². The summed E-state index contributed by atoms with van der Waals surface area (Å²) in [7, 11) is 0. The molecule has 4 nitrogen and oxygen atoms in total. The van der Waals surface area contributed by atoms with Gasteiger partial charge in [0.25, 0.3) is 0 Å². The van der Waals surface area contributed by atoms with Crippen molar-refractivity contribution in [2.75, 3.05) is 6.54 Å². The molecule has 1 saturated carbocycles. The molecule has 4 atom stereocenters. The van der Waals surface area contributed by atoms with Crippen molar-refractivity contribution in [3.05, 3.63) is 0 Å². The lowest BCUT2D eigenvalue weighted by Gasteiger charge is -2.38. The zero-order chi connectivity index (χ0) is 13.3. The Kier molecular flexibility index (Phi) is 3.97. The number of hydrogen-bond acceptors (Lipinski definition) is 4.